The van der Waals surface area contributed by atoms with E-state index in [1.807, 2.05) is 12.3 Å². The molecular weight excluding hydrogens is 200 g/mol. The van der Waals surface area contributed by atoms with Gasteiger partial charge in [0, 0.05) is 30.4 Å². The number of pyridine rings is 1. The fourth-order valence-corrected chi connectivity index (χ4v) is 1.81. The molecule has 0 spiro atoms. The molecule has 0 aliphatic carbocycles. The van der Waals surface area contributed by atoms with Crippen molar-refractivity contribution in [3.05, 3.63) is 24.0 Å². The van der Waals surface area contributed by atoms with Crippen molar-refractivity contribution < 1.29 is 4.74 Å². The molecule has 1 unspecified atom stereocenters. The summed E-state index contributed by atoms with van der Waals surface area (Å²) in [5.41, 5.74) is 1.23. The van der Waals surface area contributed by atoms with E-state index < -0.39 is 0 Å². The van der Waals surface area contributed by atoms with Gasteiger partial charge in [0.1, 0.15) is 5.75 Å². The average Bonchev–Trinajstić information content (AvgIpc) is 2.70. The lowest BCUT2D eigenvalue weighted by Gasteiger charge is -2.12. The Hall–Kier alpha value is -0.800. The second-order valence-electron chi connectivity index (χ2n) is 3.31. The Balaban J connectivity index is 0.000000980. The van der Waals surface area contributed by atoms with Gasteiger partial charge in [0.15, 0.2) is 0 Å². The number of hydrogen-bond acceptors (Lipinski definition) is 3. The van der Waals surface area contributed by atoms with Crippen molar-refractivity contribution >= 4 is 12.4 Å². The van der Waals surface area contributed by atoms with Gasteiger partial charge in [-0.25, -0.2) is 0 Å². The largest absolute Gasteiger partial charge is 0.496 e. The summed E-state index contributed by atoms with van der Waals surface area (Å²) in [5, 5.41) is 3.34. The van der Waals surface area contributed by atoms with Gasteiger partial charge in [-0.2, -0.15) is 0 Å². The molecule has 1 saturated heterocycles. The molecule has 1 aromatic heterocycles. The SMILES string of the molecule is COc1ccncc1C1CCNC1.Cl. The van der Waals surface area contributed by atoms with Crippen LogP contribution in [-0.2, 0) is 0 Å². The second-order valence-corrected chi connectivity index (χ2v) is 3.31. The van der Waals surface area contributed by atoms with Gasteiger partial charge in [-0.15, -0.1) is 12.4 Å². The summed E-state index contributed by atoms with van der Waals surface area (Å²) in [4.78, 5) is 4.13. The Morgan fingerprint density at radius 3 is 3.07 bits per heavy atom. The molecule has 1 atom stereocenters. The van der Waals surface area contributed by atoms with Gasteiger partial charge in [0.2, 0.25) is 0 Å². The number of halogens is 1. The Bertz CT molecular complexity index is 287. The molecule has 0 aromatic carbocycles. The van der Waals surface area contributed by atoms with Crippen LogP contribution in [0.15, 0.2) is 18.5 Å². The third kappa shape index (κ3) is 2.16. The minimum atomic E-state index is 0. The van der Waals surface area contributed by atoms with E-state index in [0.29, 0.717) is 5.92 Å². The van der Waals surface area contributed by atoms with Crippen LogP contribution in [-0.4, -0.2) is 25.2 Å². The van der Waals surface area contributed by atoms with Gasteiger partial charge >= 0.3 is 0 Å². The maximum absolute atomic E-state index is 5.29. The molecule has 2 rings (SSSR count). The zero-order valence-corrected chi connectivity index (χ0v) is 9.01. The highest BCUT2D eigenvalue weighted by Gasteiger charge is 2.19. The molecule has 4 heteroatoms. The maximum Gasteiger partial charge on any atom is 0.125 e. The number of hydrogen-bond donors (Lipinski definition) is 1. The molecule has 1 aliphatic heterocycles. The molecule has 1 N–H and O–H groups in total. The molecule has 0 saturated carbocycles. The Morgan fingerprint density at radius 1 is 1.57 bits per heavy atom. The van der Waals surface area contributed by atoms with Gasteiger partial charge in [-0.3, -0.25) is 4.98 Å². The van der Waals surface area contributed by atoms with E-state index in [1.165, 1.54) is 12.0 Å². The zero-order chi connectivity index (χ0) is 9.10. The molecule has 78 valence electrons. The predicted octanol–water partition coefficient (Wildman–Crippen LogP) is 1.59. The molecule has 0 bridgehead atoms. The van der Waals surface area contributed by atoms with E-state index >= 15 is 0 Å². The van der Waals surface area contributed by atoms with Crippen LogP contribution in [0.25, 0.3) is 0 Å². The maximum atomic E-state index is 5.29. The molecule has 0 radical (unpaired) electrons. The first-order valence-corrected chi connectivity index (χ1v) is 4.60. The lowest BCUT2D eigenvalue weighted by Crippen LogP contribution is -2.08. The van der Waals surface area contributed by atoms with Crippen molar-refractivity contribution in [2.75, 3.05) is 20.2 Å². The molecule has 1 aromatic rings. The summed E-state index contributed by atoms with van der Waals surface area (Å²) in [5.74, 6) is 1.53. The summed E-state index contributed by atoms with van der Waals surface area (Å²) in [7, 11) is 1.71. The molecule has 1 fully saturated rings. The van der Waals surface area contributed by atoms with Crippen LogP contribution in [0.5, 0.6) is 5.75 Å². The van der Waals surface area contributed by atoms with Crippen molar-refractivity contribution in [3.63, 3.8) is 0 Å². The van der Waals surface area contributed by atoms with Gasteiger partial charge in [-0.1, -0.05) is 0 Å². The average molecular weight is 215 g/mol. The standard InChI is InChI=1S/C10H14N2O.ClH/c1-13-10-3-5-12-7-9(10)8-2-4-11-6-8;/h3,5,7-8,11H,2,4,6H2,1H3;1H. The lowest BCUT2D eigenvalue weighted by molar-refractivity contribution is 0.405. The molecule has 0 amide bonds. The van der Waals surface area contributed by atoms with Crippen molar-refractivity contribution in [2.45, 2.75) is 12.3 Å². The molecule has 2 heterocycles. The first-order chi connectivity index (χ1) is 6.42. The van der Waals surface area contributed by atoms with Gasteiger partial charge in [0.25, 0.3) is 0 Å². The summed E-state index contributed by atoms with van der Waals surface area (Å²) in [6.45, 7) is 2.14. The summed E-state index contributed by atoms with van der Waals surface area (Å²) < 4.78 is 5.29. The van der Waals surface area contributed by atoms with E-state index in [-0.39, 0.29) is 12.4 Å². The third-order valence-electron chi connectivity index (χ3n) is 2.53. The van der Waals surface area contributed by atoms with E-state index in [0.717, 1.165) is 18.8 Å². The van der Waals surface area contributed by atoms with Crippen LogP contribution in [0, 0.1) is 0 Å². The summed E-state index contributed by atoms with van der Waals surface area (Å²) in [6.07, 6.45) is 4.86. The number of aromatic nitrogens is 1. The Morgan fingerprint density at radius 2 is 2.43 bits per heavy atom. The Kier molecular flexibility index (Phi) is 4.17. The normalized spacial score (nSPS) is 20.2. The summed E-state index contributed by atoms with van der Waals surface area (Å²) in [6, 6.07) is 1.92. The quantitative estimate of drug-likeness (QED) is 0.812. The van der Waals surface area contributed by atoms with Crippen molar-refractivity contribution in [1.82, 2.24) is 10.3 Å². The van der Waals surface area contributed by atoms with Crippen LogP contribution in [0.1, 0.15) is 17.9 Å². The van der Waals surface area contributed by atoms with Crippen LogP contribution in [0.4, 0.5) is 0 Å². The van der Waals surface area contributed by atoms with Crippen LogP contribution in [0.2, 0.25) is 0 Å². The van der Waals surface area contributed by atoms with Crippen LogP contribution in [0.3, 0.4) is 0 Å². The van der Waals surface area contributed by atoms with E-state index in [1.54, 1.807) is 13.3 Å². The predicted molar refractivity (Wildman–Crippen MR) is 58.3 cm³/mol. The summed E-state index contributed by atoms with van der Waals surface area (Å²) >= 11 is 0. The lowest BCUT2D eigenvalue weighted by atomic mass is 9.99. The number of rotatable bonds is 2. The number of methoxy groups -OCH3 is 1. The minimum absolute atomic E-state index is 0. The molecule has 14 heavy (non-hydrogen) atoms. The number of nitrogens with zero attached hydrogens (tertiary/aromatic N) is 1. The molecule has 1 aliphatic rings. The molecular formula is C10H15ClN2O. The van der Waals surface area contributed by atoms with Crippen molar-refractivity contribution in [3.8, 4) is 5.75 Å². The van der Waals surface area contributed by atoms with E-state index in [2.05, 4.69) is 10.3 Å². The highest BCUT2D eigenvalue weighted by atomic mass is 35.5. The highest BCUT2D eigenvalue weighted by Crippen LogP contribution is 2.29. The number of ether oxygens (including phenoxy) is 1. The Labute approximate surface area is 90.3 Å². The smallest absolute Gasteiger partial charge is 0.125 e. The van der Waals surface area contributed by atoms with Gasteiger partial charge in [0.05, 0.1) is 7.11 Å². The highest BCUT2D eigenvalue weighted by molar-refractivity contribution is 5.85. The molecule has 3 nitrogen and oxygen atoms in total. The van der Waals surface area contributed by atoms with Crippen molar-refractivity contribution in [1.29, 1.82) is 0 Å². The first-order valence-electron chi connectivity index (χ1n) is 4.60. The first kappa shape index (κ1) is 11.3. The topological polar surface area (TPSA) is 34.1 Å². The van der Waals surface area contributed by atoms with Crippen molar-refractivity contribution in [2.24, 2.45) is 0 Å². The van der Waals surface area contributed by atoms with Gasteiger partial charge in [-0.05, 0) is 19.0 Å². The van der Waals surface area contributed by atoms with Crippen LogP contribution >= 0.6 is 12.4 Å². The zero-order valence-electron chi connectivity index (χ0n) is 8.19. The van der Waals surface area contributed by atoms with E-state index in [9.17, 15) is 0 Å². The minimum Gasteiger partial charge on any atom is -0.496 e. The van der Waals surface area contributed by atoms with E-state index in [4.69, 9.17) is 4.74 Å². The fourth-order valence-electron chi connectivity index (χ4n) is 1.81. The second kappa shape index (κ2) is 5.17. The monoisotopic (exact) mass is 214 g/mol. The third-order valence-corrected chi connectivity index (χ3v) is 2.53. The van der Waals surface area contributed by atoms with Crippen LogP contribution < -0.4 is 10.1 Å². The fraction of sp³-hybridized carbons (Fsp3) is 0.500. The number of nitrogens with one attached hydrogen (secondary N) is 1. The van der Waals surface area contributed by atoms with Gasteiger partial charge < -0.3 is 10.1 Å².